The molecule has 2 fully saturated rings. The van der Waals surface area contributed by atoms with Crippen LogP contribution in [0.5, 0.6) is 0 Å². The smallest absolute Gasteiger partial charge is 0.309 e. The molecule has 4 nitrogen and oxygen atoms in total. The van der Waals surface area contributed by atoms with Gasteiger partial charge in [-0.2, -0.15) is 0 Å². The Bertz CT molecular complexity index is 353. The Balaban J connectivity index is 1.83. The molecule has 20 heavy (non-hydrogen) atoms. The van der Waals surface area contributed by atoms with Gasteiger partial charge in [0.1, 0.15) is 0 Å². The van der Waals surface area contributed by atoms with E-state index in [1.807, 2.05) is 11.8 Å². The molecule has 114 valence electrons. The average Bonchev–Trinajstić information content (AvgIpc) is 2.48. The number of nitrogens with zero attached hydrogens (tertiary/aromatic N) is 1. The maximum absolute atomic E-state index is 12.3. The molecule has 0 bridgehead atoms. The highest BCUT2D eigenvalue weighted by Crippen LogP contribution is 2.36. The number of hydrogen-bond acceptors (Lipinski definition) is 2. The lowest BCUT2D eigenvalue weighted by Gasteiger charge is -2.39. The Labute approximate surface area is 121 Å². The number of carboxylic acid groups (broad SMARTS) is 1. The fraction of sp³-hybridized carbons (Fsp3) is 0.875. The first-order chi connectivity index (χ1) is 9.57. The first-order valence-corrected chi connectivity index (χ1v) is 8.08. The van der Waals surface area contributed by atoms with E-state index in [1.54, 1.807) is 0 Å². The SMILES string of the molecule is CCC1(C(=O)O)CCN(C(=O)CC2CCCCC2)CC1. The number of likely N-dealkylation sites (tertiary alicyclic amines) is 1. The normalized spacial score (nSPS) is 23.6. The van der Waals surface area contributed by atoms with Crippen molar-refractivity contribution in [2.24, 2.45) is 11.3 Å². The fourth-order valence-electron chi connectivity index (χ4n) is 3.67. The van der Waals surface area contributed by atoms with Crippen molar-refractivity contribution in [2.75, 3.05) is 13.1 Å². The summed E-state index contributed by atoms with van der Waals surface area (Å²) in [5.41, 5.74) is -0.596. The van der Waals surface area contributed by atoms with Gasteiger partial charge < -0.3 is 10.0 Å². The second kappa shape index (κ2) is 6.59. The second-order valence-electron chi connectivity index (χ2n) is 6.53. The zero-order valence-electron chi connectivity index (χ0n) is 12.6. The van der Waals surface area contributed by atoms with E-state index in [9.17, 15) is 14.7 Å². The second-order valence-corrected chi connectivity index (χ2v) is 6.53. The van der Waals surface area contributed by atoms with Crippen molar-refractivity contribution in [3.63, 3.8) is 0 Å². The van der Waals surface area contributed by atoms with Gasteiger partial charge in [0, 0.05) is 19.5 Å². The van der Waals surface area contributed by atoms with Crippen LogP contribution in [0.15, 0.2) is 0 Å². The fourth-order valence-corrected chi connectivity index (χ4v) is 3.67. The molecule has 0 atom stereocenters. The van der Waals surface area contributed by atoms with Crippen molar-refractivity contribution in [3.8, 4) is 0 Å². The quantitative estimate of drug-likeness (QED) is 0.861. The predicted octanol–water partition coefficient (Wildman–Crippen LogP) is 3.06. The third-order valence-electron chi connectivity index (χ3n) is 5.39. The van der Waals surface area contributed by atoms with Crippen LogP contribution in [0.2, 0.25) is 0 Å². The minimum atomic E-state index is -0.695. The first-order valence-electron chi connectivity index (χ1n) is 8.08. The number of rotatable bonds is 4. The van der Waals surface area contributed by atoms with Crippen molar-refractivity contribution in [3.05, 3.63) is 0 Å². The van der Waals surface area contributed by atoms with Crippen LogP contribution in [0.1, 0.15) is 64.7 Å². The summed E-state index contributed by atoms with van der Waals surface area (Å²) in [4.78, 5) is 25.6. The van der Waals surface area contributed by atoms with E-state index in [-0.39, 0.29) is 5.91 Å². The lowest BCUT2D eigenvalue weighted by Crippen LogP contribution is -2.46. The Morgan fingerprint density at radius 2 is 1.75 bits per heavy atom. The molecule has 2 aliphatic rings. The van der Waals surface area contributed by atoms with Gasteiger partial charge in [-0.1, -0.05) is 26.2 Å². The molecule has 1 heterocycles. The van der Waals surface area contributed by atoms with Crippen molar-refractivity contribution in [1.82, 2.24) is 4.90 Å². The predicted molar refractivity (Wildman–Crippen MR) is 77.4 cm³/mol. The maximum Gasteiger partial charge on any atom is 0.309 e. The number of carboxylic acids is 1. The van der Waals surface area contributed by atoms with E-state index >= 15 is 0 Å². The average molecular weight is 281 g/mol. The van der Waals surface area contributed by atoms with Crippen LogP contribution in [0.4, 0.5) is 0 Å². The van der Waals surface area contributed by atoms with E-state index < -0.39 is 11.4 Å². The Morgan fingerprint density at radius 3 is 2.25 bits per heavy atom. The van der Waals surface area contributed by atoms with Gasteiger partial charge in [0.05, 0.1) is 5.41 Å². The van der Waals surface area contributed by atoms with Crippen LogP contribution in [-0.4, -0.2) is 35.0 Å². The van der Waals surface area contributed by atoms with Crippen molar-refractivity contribution in [1.29, 1.82) is 0 Å². The third kappa shape index (κ3) is 3.33. The molecule has 1 saturated heterocycles. The monoisotopic (exact) mass is 281 g/mol. The summed E-state index contributed by atoms with van der Waals surface area (Å²) < 4.78 is 0. The summed E-state index contributed by atoms with van der Waals surface area (Å²) in [7, 11) is 0. The number of aliphatic carboxylic acids is 1. The highest BCUT2D eigenvalue weighted by Gasteiger charge is 2.40. The summed E-state index contributed by atoms with van der Waals surface area (Å²) in [6.45, 7) is 3.17. The lowest BCUT2D eigenvalue weighted by atomic mass is 9.76. The number of carbonyl (C=O) groups is 2. The van der Waals surface area contributed by atoms with Gasteiger partial charge in [0.2, 0.25) is 5.91 Å². The van der Waals surface area contributed by atoms with Crippen LogP contribution >= 0.6 is 0 Å². The molecule has 0 aromatic heterocycles. The molecule has 0 aromatic carbocycles. The van der Waals surface area contributed by atoms with Crippen LogP contribution in [0.3, 0.4) is 0 Å². The molecule has 0 spiro atoms. The van der Waals surface area contributed by atoms with Gasteiger partial charge in [0.15, 0.2) is 0 Å². The third-order valence-corrected chi connectivity index (χ3v) is 5.39. The van der Waals surface area contributed by atoms with E-state index in [0.29, 0.717) is 44.7 Å². The standard InChI is InChI=1S/C16H27NO3/c1-2-16(15(19)20)8-10-17(11-9-16)14(18)12-13-6-4-3-5-7-13/h13H,2-12H2,1H3,(H,19,20). The molecule has 0 aromatic rings. The zero-order valence-corrected chi connectivity index (χ0v) is 12.6. The highest BCUT2D eigenvalue weighted by atomic mass is 16.4. The largest absolute Gasteiger partial charge is 0.481 e. The van der Waals surface area contributed by atoms with Gasteiger partial charge in [-0.25, -0.2) is 0 Å². The lowest BCUT2D eigenvalue weighted by molar-refractivity contribution is -0.154. The summed E-state index contributed by atoms with van der Waals surface area (Å²) >= 11 is 0. The Morgan fingerprint density at radius 1 is 1.15 bits per heavy atom. The van der Waals surface area contributed by atoms with E-state index in [0.717, 1.165) is 0 Å². The van der Waals surface area contributed by atoms with Crippen LogP contribution in [0, 0.1) is 11.3 Å². The molecular formula is C16H27NO3. The van der Waals surface area contributed by atoms with E-state index in [2.05, 4.69) is 0 Å². The number of piperidine rings is 1. The minimum absolute atomic E-state index is 0.243. The Kier molecular flexibility index (Phi) is 5.06. The van der Waals surface area contributed by atoms with Crippen LogP contribution in [0.25, 0.3) is 0 Å². The molecule has 0 unspecified atom stereocenters. The number of carbonyl (C=O) groups excluding carboxylic acids is 1. The molecular weight excluding hydrogens is 254 g/mol. The zero-order chi connectivity index (χ0) is 14.6. The number of hydrogen-bond donors (Lipinski definition) is 1. The number of amides is 1. The minimum Gasteiger partial charge on any atom is -0.481 e. The molecule has 1 aliphatic heterocycles. The van der Waals surface area contributed by atoms with Crippen molar-refractivity contribution >= 4 is 11.9 Å². The van der Waals surface area contributed by atoms with Crippen LogP contribution in [-0.2, 0) is 9.59 Å². The molecule has 1 N–H and O–H groups in total. The van der Waals surface area contributed by atoms with Crippen molar-refractivity contribution < 1.29 is 14.7 Å². The molecule has 1 aliphatic carbocycles. The van der Waals surface area contributed by atoms with Crippen molar-refractivity contribution in [2.45, 2.75) is 64.7 Å². The van der Waals surface area contributed by atoms with E-state index in [4.69, 9.17) is 0 Å². The topological polar surface area (TPSA) is 57.6 Å². The highest BCUT2D eigenvalue weighted by molar-refractivity contribution is 5.78. The first kappa shape index (κ1) is 15.3. The van der Waals surface area contributed by atoms with Gasteiger partial charge in [-0.3, -0.25) is 9.59 Å². The summed E-state index contributed by atoms with van der Waals surface area (Å²) in [6, 6.07) is 0. The maximum atomic E-state index is 12.3. The summed E-state index contributed by atoms with van der Waals surface area (Å²) in [6.07, 6.45) is 8.75. The molecule has 4 heteroatoms. The molecule has 2 rings (SSSR count). The Hall–Kier alpha value is -1.06. The molecule has 0 radical (unpaired) electrons. The van der Waals surface area contributed by atoms with E-state index in [1.165, 1.54) is 32.1 Å². The molecule has 1 amide bonds. The summed E-state index contributed by atoms with van der Waals surface area (Å²) in [5, 5.41) is 9.37. The van der Waals surface area contributed by atoms with Gasteiger partial charge in [-0.05, 0) is 38.0 Å². The van der Waals surface area contributed by atoms with Gasteiger partial charge >= 0.3 is 5.97 Å². The van der Waals surface area contributed by atoms with Gasteiger partial charge in [-0.15, -0.1) is 0 Å². The van der Waals surface area contributed by atoms with Crippen LogP contribution < -0.4 is 0 Å². The summed E-state index contributed by atoms with van der Waals surface area (Å²) in [5.74, 6) is 0.111. The van der Waals surface area contributed by atoms with Gasteiger partial charge in [0.25, 0.3) is 0 Å². The molecule has 1 saturated carbocycles.